The van der Waals surface area contributed by atoms with Crippen LogP contribution in [0.15, 0.2) is 12.2 Å². The van der Waals surface area contributed by atoms with E-state index in [1.165, 1.54) is 44.3 Å². The molecule has 0 bridgehead atoms. The minimum absolute atomic E-state index is 0.0173. The van der Waals surface area contributed by atoms with Crippen LogP contribution < -0.4 is 0 Å². The highest BCUT2D eigenvalue weighted by Crippen LogP contribution is 2.61. The number of hydrogen-bond donors (Lipinski definition) is 0. The average Bonchev–Trinajstić information content (AvgIpc) is 2.89. The smallest absolute Gasteiger partial charge is 0.269 e. The molecule has 4 nitrogen and oxygen atoms in total. The molecule has 0 aromatic heterocycles. The summed E-state index contributed by atoms with van der Waals surface area (Å²) < 4.78 is 5.70. The summed E-state index contributed by atoms with van der Waals surface area (Å²) in [5.41, 5.74) is 0.278. The molecule has 0 saturated heterocycles. The molecule has 0 aromatic carbocycles. The van der Waals surface area contributed by atoms with Gasteiger partial charge < -0.3 is 4.52 Å². The Morgan fingerprint density at radius 3 is 2.65 bits per heavy atom. The van der Waals surface area contributed by atoms with E-state index >= 15 is 0 Å². The molecule has 4 unspecified atom stereocenters. The Kier molecular flexibility index (Phi) is 5.92. The second kappa shape index (κ2) is 7.21. The summed E-state index contributed by atoms with van der Waals surface area (Å²) in [5.74, 6) is 1.08. The van der Waals surface area contributed by atoms with Gasteiger partial charge in [-0.1, -0.05) is 33.3 Å². The van der Waals surface area contributed by atoms with E-state index < -0.39 is 0 Å². The lowest BCUT2D eigenvalue weighted by molar-refractivity contribution is -0.162. The minimum atomic E-state index is -0.116. The second-order valence-corrected chi connectivity index (χ2v) is 8.25. The number of amides is 1. The van der Waals surface area contributed by atoms with E-state index in [-0.39, 0.29) is 11.3 Å². The highest BCUT2D eigenvalue weighted by molar-refractivity contribution is 7.09. The van der Waals surface area contributed by atoms with Gasteiger partial charge in [-0.15, -0.1) is 0 Å². The van der Waals surface area contributed by atoms with Gasteiger partial charge in [-0.25, -0.2) is 5.06 Å². The van der Waals surface area contributed by atoms with Crippen molar-refractivity contribution in [3.05, 3.63) is 12.2 Å². The van der Waals surface area contributed by atoms with Crippen molar-refractivity contribution in [2.75, 3.05) is 14.2 Å². The third-order valence-electron chi connectivity index (χ3n) is 6.37. The van der Waals surface area contributed by atoms with E-state index in [1.807, 2.05) is 0 Å². The van der Waals surface area contributed by atoms with Crippen molar-refractivity contribution in [3.63, 3.8) is 0 Å². The summed E-state index contributed by atoms with van der Waals surface area (Å²) in [6.07, 6.45) is 10.2. The molecule has 2 rings (SSSR count). The molecular formula is C18H32NO3P. The SMILES string of the molecule is CON(C)C(=O)/C=C/C(C)(C)C1CCC2C(OP)CCC[C@@]21C. The monoisotopic (exact) mass is 341 g/mol. The number of hydrogen-bond acceptors (Lipinski definition) is 3. The van der Waals surface area contributed by atoms with Gasteiger partial charge in [0.25, 0.3) is 5.91 Å². The molecule has 23 heavy (non-hydrogen) atoms. The summed E-state index contributed by atoms with van der Waals surface area (Å²) in [5, 5.41) is 1.25. The Morgan fingerprint density at radius 1 is 1.35 bits per heavy atom. The zero-order chi connectivity index (χ0) is 17.3. The normalized spacial score (nSPS) is 34.6. The van der Waals surface area contributed by atoms with Crippen molar-refractivity contribution < 1.29 is 14.2 Å². The van der Waals surface area contributed by atoms with Crippen LogP contribution in [0.4, 0.5) is 0 Å². The predicted octanol–water partition coefficient (Wildman–Crippen LogP) is 3.98. The first-order chi connectivity index (χ1) is 10.8. The van der Waals surface area contributed by atoms with Crippen LogP contribution in [-0.4, -0.2) is 31.2 Å². The number of carbonyl (C=O) groups is 1. The summed E-state index contributed by atoms with van der Waals surface area (Å²) >= 11 is 0. The quantitative estimate of drug-likeness (QED) is 0.431. The van der Waals surface area contributed by atoms with Gasteiger partial charge >= 0.3 is 0 Å². The van der Waals surface area contributed by atoms with Gasteiger partial charge in [0.15, 0.2) is 0 Å². The molecule has 0 aromatic rings. The predicted molar refractivity (Wildman–Crippen MR) is 95.5 cm³/mol. The number of carbonyl (C=O) groups excluding carboxylic acids is 1. The summed E-state index contributed by atoms with van der Waals surface area (Å²) in [6.45, 7) is 6.95. The van der Waals surface area contributed by atoms with Crippen LogP contribution in [-0.2, 0) is 14.2 Å². The molecular weight excluding hydrogens is 309 g/mol. The van der Waals surface area contributed by atoms with Gasteiger partial charge in [0.1, 0.15) is 0 Å². The van der Waals surface area contributed by atoms with Crippen LogP contribution in [0.1, 0.15) is 52.9 Å². The van der Waals surface area contributed by atoms with Crippen LogP contribution in [0, 0.1) is 22.7 Å². The largest absolute Gasteiger partial charge is 0.362 e. The van der Waals surface area contributed by atoms with E-state index in [0.29, 0.717) is 23.4 Å². The van der Waals surface area contributed by atoms with Gasteiger partial charge in [-0.2, -0.15) is 0 Å². The molecule has 5 heteroatoms. The van der Waals surface area contributed by atoms with E-state index in [0.717, 1.165) is 0 Å². The van der Waals surface area contributed by atoms with E-state index in [1.54, 1.807) is 13.1 Å². The van der Waals surface area contributed by atoms with Crippen LogP contribution in [0.5, 0.6) is 0 Å². The minimum Gasteiger partial charge on any atom is -0.362 e. The summed E-state index contributed by atoms with van der Waals surface area (Å²) in [4.78, 5) is 16.9. The van der Waals surface area contributed by atoms with Crippen molar-refractivity contribution in [1.82, 2.24) is 5.06 Å². The van der Waals surface area contributed by atoms with Crippen molar-refractivity contribution in [2.24, 2.45) is 22.7 Å². The molecule has 0 aliphatic heterocycles. The van der Waals surface area contributed by atoms with Crippen LogP contribution in [0.3, 0.4) is 0 Å². The fourth-order valence-corrected chi connectivity index (χ4v) is 5.43. The molecule has 2 saturated carbocycles. The lowest BCUT2D eigenvalue weighted by Crippen LogP contribution is -2.43. The molecule has 2 aliphatic carbocycles. The Balaban J connectivity index is 2.17. The maximum atomic E-state index is 12.0. The third kappa shape index (κ3) is 3.65. The number of hydroxylamine groups is 2. The number of fused-ring (bicyclic) bond motifs is 1. The molecule has 1 amide bonds. The molecule has 0 heterocycles. The summed E-state index contributed by atoms with van der Waals surface area (Å²) in [7, 11) is 5.61. The highest BCUT2D eigenvalue weighted by Gasteiger charge is 2.55. The van der Waals surface area contributed by atoms with Gasteiger partial charge in [0.05, 0.1) is 13.2 Å². The first-order valence-corrected chi connectivity index (χ1v) is 9.10. The molecule has 5 atom stereocenters. The van der Waals surface area contributed by atoms with Crippen LogP contribution >= 0.6 is 9.47 Å². The maximum Gasteiger partial charge on any atom is 0.269 e. The Morgan fingerprint density at radius 2 is 2.04 bits per heavy atom. The van der Waals surface area contributed by atoms with E-state index in [4.69, 9.17) is 9.36 Å². The molecule has 0 radical (unpaired) electrons. The fraction of sp³-hybridized carbons (Fsp3) is 0.833. The van der Waals surface area contributed by atoms with E-state index in [9.17, 15) is 4.79 Å². The first-order valence-electron chi connectivity index (χ1n) is 8.63. The van der Waals surface area contributed by atoms with Crippen LogP contribution in [0.2, 0.25) is 0 Å². The lowest BCUT2D eigenvalue weighted by Gasteiger charge is -2.48. The number of allylic oxidation sites excluding steroid dienone is 1. The molecule has 132 valence electrons. The van der Waals surface area contributed by atoms with Gasteiger partial charge in [-0.05, 0) is 48.3 Å². The molecule has 2 fully saturated rings. The zero-order valence-electron chi connectivity index (χ0n) is 15.2. The highest BCUT2D eigenvalue weighted by atomic mass is 31.0. The standard InChI is InChI=1S/C18H32NO3P/c1-17(2,12-10-16(20)19(4)21-5)15-9-8-13-14(22-23)7-6-11-18(13,15)3/h10,12-15H,6-9,11,23H2,1-5H3/b12-10+/t13?,14?,15?,18-/m0/s1. The number of nitrogens with zero attached hydrogens (tertiary/aromatic N) is 1. The second-order valence-electron chi connectivity index (χ2n) is 7.98. The zero-order valence-corrected chi connectivity index (χ0v) is 16.3. The lowest BCUT2D eigenvalue weighted by atomic mass is 9.58. The van der Waals surface area contributed by atoms with Gasteiger partial charge in [0.2, 0.25) is 0 Å². The molecule has 2 aliphatic rings. The molecule has 0 spiro atoms. The Bertz CT molecular complexity index is 465. The van der Waals surface area contributed by atoms with Crippen LogP contribution in [0.25, 0.3) is 0 Å². The molecule has 0 N–H and O–H groups in total. The number of rotatable bonds is 5. The van der Waals surface area contributed by atoms with Gasteiger partial charge in [0, 0.05) is 22.6 Å². The van der Waals surface area contributed by atoms with Crippen molar-refractivity contribution in [2.45, 2.75) is 59.0 Å². The van der Waals surface area contributed by atoms with Gasteiger partial charge in [-0.3, -0.25) is 9.63 Å². The van der Waals surface area contributed by atoms with Crippen molar-refractivity contribution >= 4 is 15.4 Å². The van der Waals surface area contributed by atoms with E-state index in [2.05, 4.69) is 36.3 Å². The topological polar surface area (TPSA) is 38.8 Å². The first kappa shape index (κ1) is 18.9. The number of likely N-dealkylation sites (N-methyl/N-ethyl adjacent to an activating group) is 1. The fourth-order valence-electron chi connectivity index (χ4n) is 5.10. The van der Waals surface area contributed by atoms with Crippen molar-refractivity contribution in [3.8, 4) is 0 Å². The summed E-state index contributed by atoms with van der Waals surface area (Å²) in [6, 6.07) is 0. The average molecular weight is 341 g/mol. The Labute approximate surface area is 143 Å². The van der Waals surface area contributed by atoms with Crippen molar-refractivity contribution in [1.29, 1.82) is 0 Å². The maximum absolute atomic E-state index is 12.0. The third-order valence-corrected chi connectivity index (χ3v) is 6.72. The Hall–Kier alpha value is -0.440.